The van der Waals surface area contributed by atoms with Gasteiger partial charge in [0.25, 0.3) is 0 Å². The monoisotopic (exact) mass is 166 g/mol. The Morgan fingerprint density at radius 2 is 2.08 bits per heavy atom. The van der Waals surface area contributed by atoms with Crippen LogP contribution in [0, 0.1) is 16.7 Å². The summed E-state index contributed by atoms with van der Waals surface area (Å²) in [6, 6.07) is 0. The quantitative estimate of drug-likeness (QED) is 0.434. The Hall–Kier alpha value is -0.530. The Kier molecular flexibility index (Phi) is 1.37. The number of nitrogens with two attached hydrogens (primary N) is 1. The van der Waals surface area contributed by atoms with E-state index in [0.717, 1.165) is 12.3 Å². The fourth-order valence-corrected chi connectivity index (χ4v) is 3.12. The van der Waals surface area contributed by atoms with Gasteiger partial charge in [-0.3, -0.25) is 0 Å². The maximum absolute atomic E-state index is 5.41. The summed E-state index contributed by atoms with van der Waals surface area (Å²) in [4.78, 5) is 0. The normalized spacial score (nSPS) is 47.2. The molecule has 0 saturated heterocycles. The summed E-state index contributed by atoms with van der Waals surface area (Å²) in [7, 11) is 0. The van der Waals surface area contributed by atoms with Gasteiger partial charge in [0.05, 0.1) is 0 Å². The highest BCUT2D eigenvalue weighted by Crippen LogP contribution is 2.63. The average molecular weight is 166 g/mol. The lowest BCUT2D eigenvalue weighted by Crippen LogP contribution is -2.33. The molecule has 2 rings (SSSR count). The second-order valence-corrected chi connectivity index (χ2v) is 5.07. The summed E-state index contributed by atoms with van der Waals surface area (Å²) in [5, 5.41) is 3.95. The number of fused-ring (bicyclic) bond motifs is 2. The Labute approximate surface area is 74.2 Å². The molecule has 2 bridgehead atoms. The molecule has 0 aliphatic heterocycles. The standard InChI is InChI=1S/C10H18N2/c1-9(2)7-4-5-10(9,3)8(6-7)12-11/h7H,4-6,11H2,1-3H3/b12-8+/t7-,10-/m0/s1. The van der Waals surface area contributed by atoms with Gasteiger partial charge in [0.1, 0.15) is 0 Å². The van der Waals surface area contributed by atoms with Gasteiger partial charge in [-0.05, 0) is 30.6 Å². The lowest BCUT2D eigenvalue weighted by atomic mass is 9.70. The van der Waals surface area contributed by atoms with E-state index >= 15 is 0 Å². The molecular formula is C10H18N2. The number of hydrogen-bond acceptors (Lipinski definition) is 2. The minimum absolute atomic E-state index is 0.298. The highest BCUT2D eigenvalue weighted by molar-refractivity contribution is 5.94. The van der Waals surface area contributed by atoms with Crippen molar-refractivity contribution in [2.45, 2.75) is 40.0 Å². The SMILES string of the molecule is CC1(C)[C@H]2CC[C@@]1(C)/C(=N/N)C2. The van der Waals surface area contributed by atoms with Crippen molar-refractivity contribution < 1.29 is 0 Å². The zero-order chi connectivity index (χ0) is 8.98. The molecule has 2 nitrogen and oxygen atoms in total. The van der Waals surface area contributed by atoms with Crippen LogP contribution in [-0.4, -0.2) is 5.71 Å². The van der Waals surface area contributed by atoms with E-state index < -0.39 is 0 Å². The van der Waals surface area contributed by atoms with Crippen molar-refractivity contribution in [3.8, 4) is 0 Å². The number of hydrazone groups is 1. The van der Waals surface area contributed by atoms with Gasteiger partial charge in [-0.25, -0.2) is 0 Å². The van der Waals surface area contributed by atoms with Crippen LogP contribution >= 0.6 is 0 Å². The van der Waals surface area contributed by atoms with Crippen LogP contribution in [0.5, 0.6) is 0 Å². The lowest BCUT2D eigenvalue weighted by Gasteiger charge is -2.34. The fourth-order valence-electron chi connectivity index (χ4n) is 3.12. The van der Waals surface area contributed by atoms with Gasteiger partial charge in [0, 0.05) is 11.1 Å². The third kappa shape index (κ3) is 0.644. The first-order chi connectivity index (χ1) is 5.52. The molecule has 2 fully saturated rings. The Bertz CT molecular complexity index is 242. The van der Waals surface area contributed by atoms with Crippen LogP contribution in [0.15, 0.2) is 5.10 Å². The van der Waals surface area contributed by atoms with Gasteiger partial charge < -0.3 is 5.84 Å². The van der Waals surface area contributed by atoms with Crippen molar-refractivity contribution in [3.05, 3.63) is 0 Å². The van der Waals surface area contributed by atoms with Gasteiger partial charge in [-0.2, -0.15) is 5.10 Å². The van der Waals surface area contributed by atoms with E-state index in [1.54, 1.807) is 0 Å². The van der Waals surface area contributed by atoms with E-state index in [2.05, 4.69) is 25.9 Å². The first-order valence-electron chi connectivity index (χ1n) is 4.79. The molecular weight excluding hydrogens is 148 g/mol. The average Bonchev–Trinajstić information content (AvgIpc) is 2.34. The largest absolute Gasteiger partial charge is 0.323 e. The molecule has 2 aliphatic carbocycles. The summed E-state index contributed by atoms with van der Waals surface area (Å²) in [6.07, 6.45) is 3.78. The van der Waals surface area contributed by atoms with Crippen LogP contribution in [0.25, 0.3) is 0 Å². The molecule has 0 amide bonds. The molecule has 0 aromatic carbocycles. The van der Waals surface area contributed by atoms with Gasteiger partial charge in [0.2, 0.25) is 0 Å². The molecule has 68 valence electrons. The Morgan fingerprint density at radius 1 is 1.42 bits per heavy atom. The summed E-state index contributed by atoms with van der Waals surface area (Å²) < 4.78 is 0. The second kappa shape index (κ2) is 2.04. The van der Waals surface area contributed by atoms with Crippen molar-refractivity contribution in [3.63, 3.8) is 0 Å². The van der Waals surface area contributed by atoms with Crippen LogP contribution in [0.1, 0.15) is 40.0 Å². The Morgan fingerprint density at radius 3 is 2.33 bits per heavy atom. The molecule has 0 spiro atoms. The Balaban J connectivity index is 2.46. The summed E-state index contributed by atoms with van der Waals surface area (Å²) >= 11 is 0. The van der Waals surface area contributed by atoms with Crippen LogP contribution in [-0.2, 0) is 0 Å². The van der Waals surface area contributed by atoms with Gasteiger partial charge in [0.15, 0.2) is 0 Å². The molecule has 2 heteroatoms. The first-order valence-corrected chi connectivity index (χ1v) is 4.79. The van der Waals surface area contributed by atoms with Gasteiger partial charge >= 0.3 is 0 Å². The maximum Gasteiger partial charge on any atom is 0.0443 e. The second-order valence-electron chi connectivity index (χ2n) is 5.07. The fraction of sp³-hybridized carbons (Fsp3) is 0.900. The highest BCUT2D eigenvalue weighted by Gasteiger charge is 2.59. The third-order valence-corrected chi connectivity index (χ3v) is 4.67. The van der Waals surface area contributed by atoms with Crippen LogP contribution < -0.4 is 5.84 Å². The molecule has 0 aromatic heterocycles. The van der Waals surface area contributed by atoms with Gasteiger partial charge in [-0.15, -0.1) is 0 Å². The minimum Gasteiger partial charge on any atom is -0.323 e. The van der Waals surface area contributed by atoms with Crippen LogP contribution in [0.4, 0.5) is 0 Å². The number of nitrogens with zero attached hydrogens (tertiary/aromatic N) is 1. The third-order valence-electron chi connectivity index (χ3n) is 4.67. The first kappa shape index (κ1) is 8.09. The van der Waals surface area contributed by atoms with Crippen molar-refractivity contribution >= 4 is 5.71 Å². The van der Waals surface area contributed by atoms with E-state index in [0.29, 0.717) is 10.8 Å². The topological polar surface area (TPSA) is 38.4 Å². The molecule has 2 saturated carbocycles. The highest BCUT2D eigenvalue weighted by atomic mass is 15.1. The smallest absolute Gasteiger partial charge is 0.0443 e. The predicted octanol–water partition coefficient (Wildman–Crippen LogP) is 2.15. The van der Waals surface area contributed by atoms with E-state index in [1.807, 2.05) is 0 Å². The molecule has 2 aliphatic rings. The molecule has 0 radical (unpaired) electrons. The van der Waals surface area contributed by atoms with Crippen molar-refractivity contribution in [2.24, 2.45) is 27.7 Å². The summed E-state index contributed by atoms with van der Waals surface area (Å²) in [5.41, 5.74) is 1.97. The molecule has 0 aromatic rings. The lowest BCUT2D eigenvalue weighted by molar-refractivity contribution is 0.194. The number of hydrogen-bond donors (Lipinski definition) is 1. The van der Waals surface area contributed by atoms with Crippen molar-refractivity contribution in [1.82, 2.24) is 0 Å². The molecule has 2 atom stereocenters. The van der Waals surface area contributed by atoms with E-state index in [-0.39, 0.29) is 0 Å². The molecule has 12 heavy (non-hydrogen) atoms. The van der Waals surface area contributed by atoms with Crippen molar-refractivity contribution in [2.75, 3.05) is 0 Å². The van der Waals surface area contributed by atoms with Crippen LogP contribution in [0.2, 0.25) is 0 Å². The predicted molar refractivity (Wildman–Crippen MR) is 50.9 cm³/mol. The van der Waals surface area contributed by atoms with E-state index in [9.17, 15) is 0 Å². The van der Waals surface area contributed by atoms with Gasteiger partial charge in [-0.1, -0.05) is 20.8 Å². The molecule has 2 N–H and O–H groups in total. The summed E-state index contributed by atoms with van der Waals surface area (Å²) in [6.45, 7) is 7.05. The van der Waals surface area contributed by atoms with Crippen LogP contribution in [0.3, 0.4) is 0 Å². The molecule has 0 heterocycles. The van der Waals surface area contributed by atoms with E-state index in [1.165, 1.54) is 18.6 Å². The van der Waals surface area contributed by atoms with Crippen molar-refractivity contribution in [1.29, 1.82) is 0 Å². The zero-order valence-electron chi connectivity index (χ0n) is 8.22. The number of rotatable bonds is 0. The molecule has 0 unspecified atom stereocenters. The van der Waals surface area contributed by atoms with E-state index in [4.69, 9.17) is 5.84 Å². The maximum atomic E-state index is 5.41. The minimum atomic E-state index is 0.298. The summed E-state index contributed by atoms with van der Waals surface area (Å²) in [5.74, 6) is 6.24. The zero-order valence-corrected chi connectivity index (χ0v) is 8.22.